The normalized spacial score (nSPS) is 12.1. The Balaban J connectivity index is 1.04. The molecule has 0 bridgehead atoms. The molecule has 4 heterocycles. The molecule has 59 heavy (non-hydrogen) atoms. The average molecular weight is 755 g/mol. The molecule has 0 N–H and O–H groups in total. The van der Waals surface area contributed by atoms with Gasteiger partial charge in [-0.15, -0.1) is 0 Å². The van der Waals surface area contributed by atoms with Crippen molar-refractivity contribution in [1.82, 2.24) is 19.5 Å². The third-order valence-corrected chi connectivity index (χ3v) is 11.8. The summed E-state index contributed by atoms with van der Waals surface area (Å²) in [7, 11) is 0. The summed E-state index contributed by atoms with van der Waals surface area (Å²) in [6.45, 7) is 0. The molecule has 0 aliphatic heterocycles. The minimum Gasteiger partial charge on any atom is -0.456 e. The number of nitrogens with zero attached hydrogens (tertiary/aromatic N) is 4. The van der Waals surface area contributed by atoms with Crippen molar-refractivity contribution in [2.24, 2.45) is 0 Å². The van der Waals surface area contributed by atoms with Crippen molar-refractivity contribution in [3.8, 4) is 39.9 Å². The van der Waals surface area contributed by atoms with Gasteiger partial charge in [-0.1, -0.05) is 133 Å². The summed E-state index contributed by atoms with van der Waals surface area (Å²) in [5.41, 5.74) is 9.25. The summed E-state index contributed by atoms with van der Waals surface area (Å²) in [6, 6.07) is 63.2. The summed E-state index contributed by atoms with van der Waals surface area (Å²) in [5.74, 6) is 1.77. The molecule has 13 rings (SSSR count). The summed E-state index contributed by atoms with van der Waals surface area (Å²) in [4.78, 5) is 15.4. The van der Waals surface area contributed by atoms with E-state index in [2.05, 4.69) is 126 Å². The van der Waals surface area contributed by atoms with E-state index in [-0.39, 0.29) is 0 Å². The number of hydrogen-bond acceptors (Lipinski definition) is 5. The van der Waals surface area contributed by atoms with Crippen LogP contribution >= 0.6 is 0 Å². The maximum absolute atomic E-state index is 6.90. The fraction of sp³-hybridized carbons (Fsp3) is 0. The van der Waals surface area contributed by atoms with E-state index < -0.39 is 0 Å². The van der Waals surface area contributed by atoms with E-state index in [1.54, 1.807) is 0 Å². The Morgan fingerprint density at radius 1 is 0.356 bits per heavy atom. The average Bonchev–Trinajstić information content (AvgIpc) is 3.98. The Morgan fingerprint density at radius 3 is 1.93 bits per heavy atom. The Labute approximate surface area is 336 Å². The van der Waals surface area contributed by atoms with Crippen LogP contribution in [0.5, 0.6) is 0 Å². The van der Waals surface area contributed by atoms with Gasteiger partial charge in [0, 0.05) is 49.0 Å². The molecule has 6 nitrogen and oxygen atoms in total. The molecule has 0 saturated heterocycles. The van der Waals surface area contributed by atoms with Crippen LogP contribution in [0.15, 0.2) is 191 Å². The smallest absolute Gasteiger partial charge is 0.164 e. The molecule has 4 aromatic heterocycles. The first kappa shape index (κ1) is 32.0. The van der Waals surface area contributed by atoms with Crippen molar-refractivity contribution in [3.05, 3.63) is 182 Å². The zero-order valence-electron chi connectivity index (χ0n) is 31.4. The third-order valence-electron chi connectivity index (χ3n) is 11.8. The van der Waals surface area contributed by atoms with E-state index >= 15 is 0 Å². The maximum Gasteiger partial charge on any atom is 0.164 e. The predicted octanol–water partition coefficient (Wildman–Crippen LogP) is 14.1. The van der Waals surface area contributed by atoms with Gasteiger partial charge in [-0.2, -0.15) is 0 Å². The zero-order valence-corrected chi connectivity index (χ0v) is 31.4. The number of rotatable bonds is 4. The number of para-hydroxylation sites is 3. The van der Waals surface area contributed by atoms with Gasteiger partial charge < -0.3 is 13.4 Å². The Kier molecular flexibility index (Phi) is 6.63. The Bertz CT molecular complexity index is 3860. The second-order valence-corrected chi connectivity index (χ2v) is 15.1. The summed E-state index contributed by atoms with van der Waals surface area (Å²) >= 11 is 0. The van der Waals surface area contributed by atoms with Gasteiger partial charge in [-0.25, -0.2) is 15.0 Å². The van der Waals surface area contributed by atoms with E-state index in [4.69, 9.17) is 23.8 Å². The van der Waals surface area contributed by atoms with Gasteiger partial charge >= 0.3 is 0 Å². The van der Waals surface area contributed by atoms with Gasteiger partial charge in [0.05, 0.1) is 16.7 Å². The van der Waals surface area contributed by atoms with E-state index in [0.717, 1.165) is 88.1 Å². The lowest BCUT2D eigenvalue weighted by molar-refractivity contribution is 0.666. The number of aromatic nitrogens is 4. The number of furan rings is 2. The molecule has 0 aliphatic rings. The van der Waals surface area contributed by atoms with Crippen LogP contribution in [0.4, 0.5) is 0 Å². The zero-order chi connectivity index (χ0) is 38.6. The molecule has 0 atom stereocenters. The minimum atomic E-state index is 0.585. The lowest BCUT2D eigenvalue weighted by Gasteiger charge is -2.10. The maximum atomic E-state index is 6.90. The van der Waals surface area contributed by atoms with Crippen molar-refractivity contribution in [3.63, 3.8) is 0 Å². The number of benzene rings is 9. The summed E-state index contributed by atoms with van der Waals surface area (Å²) in [6.07, 6.45) is 0. The van der Waals surface area contributed by atoms with Crippen LogP contribution in [-0.2, 0) is 0 Å². The molecule has 274 valence electrons. The van der Waals surface area contributed by atoms with Gasteiger partial charge in [0.1, 0.15) is 16.7 Å². The predicted molar refractivity (Wildman–Crippen MR) is 240 cm³/mol. The second-order valence-electron chi connectivity index (χ2n) is 15.1. The molecule has 6 heteroatoms. The van der Waals surface area contributed by atoms with Crippen LogP contribution in [0.1, 0.15) is 0 Å². The highest BCUT2D eigenvalue weighted by molar-refractivity contribution is 6.21. The third kappa shape index (κ3) is 4.77. The van der Waals surface area contributed by atoms with Gasteiger partial charge in [0.15, 0.2) is 23.1 Å². The fourth-order valence-corrected chi connectivity index (χ4v) is 9.13. The van der Waals surface area contributed by atoms with Crippen molar-refractivity contribution in [2.75, 3.05) is 0 Å². The van der Waals surface area contributed by atoms with E-state index in [1.807, 2.05) is 60.7 Å². The van der Waals surface area contributed by atoms with Crippen molar-refractivity contribution >= 4 is 87.2 Å². The Hall–Kier alpha value is -8.09. The topological polar surface area (TPSA) is 69.9 Å². The second kappa shape index (κ2) is 12.2. The minimum absolute atomic E-state index is 0.585. The summed E-state index contributed by atoms with van der Waals surface area (Å²) in [5, 5.41) is 11.1. The molecule has 0 saturated carbocycles. The van der Waals surface area contributed by atoms with Gasteiger partial charge in [-0.3, -0.25) is 0 Å². The van der Waals surface area contributed by atoms with Crippen LogP contribution in [0.3, 0.4) is 0 Å². The molecule has 0 amide bonds. The number of hydrogen-bond donors (Lipinski definition) is 0. The summed E-state index contributed by atoms with van der Waals surface area (Å²) < 4.78 is 15.5. The van der Waals surface area contributed by atoms with Crippen molar-refractivity contribution < 1.29 is 8.83 Å². The highest BCUT2D eigenvalue weighted by atomic mass is 16.3. The van der Waals surface area contributed by atoms with Crippen LogP contribution < -0.4 is 0 Å². The first-order valence-electron chi connectivity index (χ1n) is 19.8. The fourth-order valence-electron chi connectivity index (χ4n) is 9.13. The van der Waals surface area contributed by atoms with E-state index in [1.165, 1.54) is 21.5 Å². The molecular weight excluding hydrogens is 725 g/mol. The van der Waals surface area contributed by atoms with E-state index in [9.17, 15) is 0 Å². The first-order valence-corrected chi connectivity index (χ1v) is 19.8. The van der Waals surface area contributed by atoms with Gasteiger partial charge in [-0.05, 0) is 70.1 Å². The quantitative estimate of drug-likeness (QED) is 0.179. The standard InChI is InChI=1S/C53H30N4O2/c1-2-12-32(13-3-1)51-54-52(56-53(55-51)39-19-11-23-46-48(39)37-17-7-9-22-45(37)58-46)35-25-24-31-26-27-47-49(40(31)29-35)38-18-10-21-43(50(38)59-47)57-42-20-8-6-16-36(42)41-28-33-14-4-5-15-34(33)30-44(41)57/h1-30H. The van der Waals surface area contributed by atoms with Crippen LogP contribution in [0.2, 0.25) is 0 Å². The molecule has 0 unspecified atom stereocenters. The molecule has 0 fully saturated rings. The molecule has 0 aliphatic carbocycles. The molecule has 9 aromatic carbocycles. The molecule has 0 radical (unpaired) electrons. The van der Waals surface area contributed by atoms with E-state index in [0.29, 0.717) is 17.5 Å². The van der Waals surface area contributed by atoms with Crippen LogP contribution in [0, 0.1) is 0 Å². The highest BCUT2D eigenvalue weighted by Crippen LogP contribution is 2.42. The van der Waals surface area contributed by atoms with Crippen LogP contribution in [0.25, 0.3) is 127 Å². The molecule has 13 aromatic rings. The Morgan fingerprint density at radius 2 is 1.03 bits per heavy atom. The van der Waals surface area contributed by atoms with Crippen LogP contribution in [-0.4, -0.2) is 19.5 Å². The lowest BCUT2D eigenvalue weighted by atomic mass is 10.0. The van der Waals surface area contributed by atoms with Crippen molar-refractivity contribution in [1.29, 1.82) is 0 Å². The SMILES string of the molecule is c1ccc(-c2nc(-c3ccc4ccc5oc6c(-n7c8ccccc8c8cc9ccccc9cc87)cccc6c5c4c3)nc(-c3cccc4oc5ccccc5c34)n2)cc1. The van der Waals surface area contributed by atoms with Crippen molar-refractivity contribution in [2.45, 2.75) is 0 Å². The first-order chi connectivity index (χ1) is 29.2. The molecule has 0 spiro atoms. The monoisotopic (exact) mass is 754 g/mol. The molecular formula is C53H30N4O2. The highest BCUT2D eigenvalue weighted by Gasteiger charge is 2.21. The number of fused-ring (bicyclic) bond motifs is 12. The van der Waals surface area contributed by atoms with Gasteiger partial charge in [0.25, 0.3) is 0 Å². The largest absolute Gasteiger partial charge is 0.456 e. The van der Waals surface area contributed by atoms with Gasteiger partial charge in [0.2, 0.25) is 0 Å². The lowest BCUT2D eigenvalue weighted by Crippen LogP contribution is -2.00.